The molecule has 0 N–H and O–H groups in total. The number of hydrogen-bond acceptors (Lipinski definition) is 1. The molecule has 0 saturated heterocycles. The summed E-state index contributed by atoms with van der Waals surface area (Å²) in [5, 5.41) is 0. The van der Waals surface area contributed by atoms with E-state index in [-0.39, 0.29) is 5.56 Å². The molecule has 0 aliphatic heterocycles. The Morgan fingerprint density at radius 2 is 1.91 bits per heavy atom. The first-order valence-electron chi connectivity index (χ1n) is 8.54. The number of unbranched alkanes of at least 4 members (excludes halogenated alkanes) is 2. The van der Waals surface area contributed by atoms with Crippen LogP contribution in [0, 0.1) is 11.7 Å². The minimum Gasteiger partial charge on any atom is -0.291 e. The molecule has 0 spiro atoms. The molecule has 1 aliphatic rings. The first-order valence-corrected chi connectivity index (χ1v) is 8.54. The van der Waals surface area contributed by atoms with Gasteiger partial charge in [0.05, 0.1) is 5.56 Å². The van der Waals surface area contributed by atoms with Crippen LogP contribution >= 0.6 is 0 Å². The SMILES string of the molecule is CCCCCC1CCC(c2ccc(C(=O)CF)c(F)c2)CC1. The van der Waals surface area contributed by atoms with Crippen molar-refractivity contribution >= 4 is 5.78 Å². The van der Waals surface area contributed by atoms with Gasteiger partial charge in [0.2, 0.25) is 0 Å². The maximum atomic E-state index is 13.9. The summed E-state index contributed by atoms with van der Waals surface area (Å²) in [4.78, 5) is 11.3. The van der Waals surface area contributed by atoms with Crippen LogP contribution in [-0.4, -0.2) is 12.5 Å². The Labute approximate surface area is 132 Å². The Kier molecular flexibility index (Phi) is 6.53. The molecule has 1 fully saturated rings. The first kappa shape index (κ1) is 17.1. The van der Waals surface area contributed by atoms with Crippen molar-refractivity contribution < 1.29 is 13.6 Å². The monoisotopic (exact) mass is 308 g/mol. The fourth-order valence-corrected chi connectivity index (χ4v) is 3.55. The Bertz CT molecular complexity index is 490. The van der Waals surface area contributed by atoms with E-state index in [4.69, 9.17) is 0 Å². The van der Waals surface area contributed by atoms with Gasteiger partial charge in [0.1, 0.15) is 5.82 Å². The van der Waals surface area contributed by atoms with Crippen LogP contribution in [0.2, 0.25) is 0 Å². The molecule has 1 nitrogen and oxygen atoms in total. The quantitative estimate of drug-likeness (QED) is 0.457. The summed E-state index contributed by atoms with van der Waals surface area (Å²) in [7, 11) is 0. The summed E-state index contributed by atoms with van der Waals surface area (Å²) in [6.07, 6.45) is 9.81. The number of carbonyl (C=O) groups excluding carboxylic acids is 1. The molecule has 22 heavy (non-hydrogen) atoms. The topological polar surface area (TPSA) is 17.1 Å². The summed E-state index contributed by atoms with van der Waals surface area (Å²) in [5.41, 5.74) is 0.833. The third-order valence-electron chi connectivity index (χ3n) is 4.95. The molecule has 0 amide bonds. The van der Waals surface area contributed by atoms with Crippen LogP contribution in [0.4, 0.5) is 8.78 Å². The Morgan fingerprint density at radius 3 is 2.50 bits per heavy atom. The van der Waals surface area contributed by atoms with E-state index in [9.17, 15) is 13.6 Å². The summed E-state index contributed by atoms with van der Waals surface area (Å²) < 4.78 is 26.3. The van der Waals surface area contributed by atoms with Crippen molar-refractivity contribution in [2.24, 2.45) is 5.92 Å². The second-order valence-electron chi connectivity index (χ2n) is 6.51. The van der Waals surface area contributed by atoms with Crippen molar-refractivity contribution in [2.45, 2.75) is 64.2 Å². The maximum absolute atomic E-state index is 13.9. The van der Waals surface area contributed by atoms with Crippen LogP contribution in [0.5, 0.6) is 0 Å². The molecule has 0 radical (unpaired) electrons. The molecule has 0 heterocycles. The smallest absolute Gasteiger partial charge is 0.196 e. The fourth-order valence-electron chi connectivity index (χ4n) is 3.55. The zero-order chi connectivity index (χ0) is 15.9. The van der Waals surface area contributed by atoms with Crippen molar-refractivity contribution in [1.29, 1.82) is 0 Å². The Hall–Kier alpha value is -1.25. The van der Waals surface area contributed by atoms with Gasteiger partial charge in [0.15, 0.2) is 12.5 Å². The summed E-state index contributed by atoms with van der Waals surface area (Å²) in [5.74, 6) is -0.152. The van der Waals surface area contributed by atoms with E-state index >= 15 is 0 Å². The van der Waals surface area contributed by atoms with Crippen LogP contribution in [0.1, 0.15) is 80.1 Å². The molecular formula is C19H26F2O. The third-order valence-corrected chi connectivity index (χ3v) is 4.95. The molecule has 0 unspecified atom stereocenters. The maximum Gasteiger partial charge on any atom is 0.196 e. The lowest BCUT2D eigenvalue weighted by Crippen LogP contribution is -2.14. The number of ketones is 1. The van der Waals surface area contributed by atoms with Crippen molar-refractivity contribution in [3.8, 4) is 0 Å². The lowest BCUT2D eigenvalue weighted by molar-refractivity contribution is 0.0954. The molecule has 1 aromatic rings. The van der Waals surface area contributed by atoms with Gasteiger partial charge in [-0.05, 0) is 55.2 Å². The molecule has 0 bridgehead atoms. The van der Waals surface area contributed by atoms with E-state index in [1.54, 1.807) is 6.07 Å². The fraction of sp³-hybridized carbons (Fsp3) is 0.632. The Balaban J connectivity index is 1.91. The van der Waals surface area contributed by atoms with E-state index in [1.165, 1.54) is 50.7 Å². The van der Waals surface area contributed by atoms with E-state index < -0.39 is 18.3 Å². The highest BCUT2D eigenvalue weighted by atomic mass is 19.1. The van der Waals surface area contributed by atoms with Crippen LogP contribution < -0.4 is 0 Å². The zero-order valence-corrected chi connectivity index (χ0v) is 13.4. The number of halogens is 2. The van der Waals surface area contributed by atoms with Crippen LogP contribution in [-0.2, 0) is 0 Å². The predicted molar refractivity (Wildman–Crippen MR) is 85.5 cm³/mol. The lowest BCUT2D eigenvalue weighted by Gasteiger charge is -2.29. The molecule has 2 rings (SSSR count). The number of rotatable bonds is 7. The van der Waals surface area contributed by atoms with E-state index in [0.717, 1.165) is 24.3 Å². The molecule has 1 aromatic carbocycles. The third kappa shape index (κ3) is 4.37. The highest BCUT2D eigenvalue weighted by molar-refractivity contribution is 5.97. The molecule has 1 aliphatic carbocycles. The number of carbonyl (C=O) groups is 1. The Morgan fingerprint density at radius 1 is 1.18 bits per heavy atom. The highest BCUT2D eigenvalue weighted by Gasteiger charge is 2.23. The minimum absolute atomic E-state index is 0.125. The molecule has 1 saturated carbocycles. The molecular weight excluding hydrogens is 282 g/mol. The summed E-state index contributed by atoms with van der Waals surface area (Å²) in [6.45, 7) is 1.09. The van der Waals surface area contributed by atoms with Crippen LogP contribution in [0.3, 0.4) is 0 Å². The molecule has 0 atom stereocenters. The summed E-state index contributed by atoms with van der Waals surface area (Å²) in [6, 6.07) is 4.68. The number of hydrogen-bond donors (Lipinski definition) is 0. The van der Waals surface area contributed by atoms with Gasteiger partial charge >= 0.3 is 0 Å². The van der Waals surface area contributed by atoms with Crippen LogP contribution in [0.25, 0.3) is 0 Å². The molecule has 0 aromatic heterocycles. The van der Waals surface area contributed by atoms with Gasteiger partial charge in [0, 0.05) is 0 Å². The van der Waals surface area contributed by atoms with Gasteiger partial charge in [-0.15, -0.1) is 0 Å². The van der Waals surface area contributed by atoms with Crippen molar-refractivity contribution in [3.05, 3.63) is 35.1 Å². The van der Waals surface area contributed by atoms with E-state index in [0.29, 0.717) is 5.92 Å². The average Bonchev–Trinajstić information content (AvgIpc) is 2.55. The van der Waals surface area contributed by atoms with Crippen molar-refractivity contribution in [1.82, 2.24) is 0 Å². The first-order chi connectivity index (χ1) is 10.7. The summed E-state index contributed by atoms with van der Waals surface area (Å²) >= 11 is 0. The van der Waals surface area contributed by atoms with Gasteiger partial charge in [-0.25, -0.2) is 8.78 Å². The van der Waals surface area contributed by atoms with Gasteiger partial charge in [-0.3, -0.25) is 4.79 Å². The van der Waals surface area contributed by atoms with Crippen molar-refractivity contribution in [3.63, 3.8) is 0 Å². The van der Waals surface area contributed by atoms with Gasteiger partial charge in [0.25, 0.3) is 0 Å². The van der Waals surface area contributed by atoms with Crippen LogP contribution in [0.15, 0.2) is 18.2 Å². The van der Waals surface area contributed by atoms with Gasteiger partial charge < -0.3 is 0 Å². The number of alkyl halides is 1. The van der Waals surface area contributed by atoms with Crippen molar-refractivity contribution in [2.75, 3.05) is 6.67 Å². The second kappa shape index (κ2) is 8.40. The second-order valence-corrected chi connectivity index (χ2v) is 6.51. The standard InChI is InChI=1S/C19H26F2O/c1-2-3-4-5-14-6-8-15(9-7-14)16-10-11-17(18(21)12-16)19(22)13-20/h10-12,14-15H,2-9,13H2,1H3. The van der Waals surface area contributed by atoms with E-state index in [1.807, 2.05) is 0 Å². The zero-order valence-electron chi connectivity index (χ0n) is 13.4. The number of Topliss-reactive ketones (excluding diaryl/α,β-unsaturated/α-hetero) is 1. The number of benzene rings is 1. The normalized spacial score (nSPS) is 21.8. The van der Waals surface area contributed by atoms with Gasteiger partial charge in [-0.1, -0.05) is 38.7 Å². The highest BCUT2D eigenvalue weighted by Crippen LogP contribution is 2.38. The van der Waals surface area contributed by atoms with E-state index in [2.05, 4.69) is 6.92 Å². The minimum atomic E-state index is -1.14. The predicted octanol–water partition coefficient (Wildman–Crippen LogP) is 5.83. The molecule has 3 heteroatoms. The molecule has 122 valence electrons. The lowest BCUT2D eigenvalue weighted by atomic mass is 9.77. The largest absolute Gasteiger partial charge is 0.291 e. The average molecular weight is 308 g/mol. The van der Waals surface area contributed by atoms with Gasteiger partial charge in [-0.2, -0.15) is 0 Å².